The number of nitrogens with zero attached hydrogens (tertiary/aromatic N) is 4. The number of benzene rings is 1. The second-order valence-electron chi connectivity index (χ2n) is 4.73. The third-order valence-electron chi connectivity index (χ3n) is 3.44. The predicted molar refractivity (Wildman–Crippen MR) is 79.1 cm³/mol. The van der Waals surface area contributed by atoms with Gasteiger partial charge in [-0.25, -0.2) is 0 Å². The van der Waals surface area contributed by atoms with Gasteiger partial charge in [0, 0.05) is 18.9 Å². The number of nitrogens with one attached hydrogen (secondary N) is 1. The Morgan fingerprint density at radius 2 is 2.20 bits per heavy atom. The zero-order valence-electron chi connectivity index (χ0n) is 11.4. The number of hydrazine groups is 1. The van der Waals surface area contributed by atoms with Gasteiger partial charge >= 0.3 is 0 Å². The Morgan fingerprint density at radius 1 is 1.40 bits per heavy atom. The first-order chi connectivity index (χ1) is 9.70. The molecule has 0 aliphatic heterocycles. The largest absolute Gasteiger partial charge is 0.271 e. The molecule has 1 aromatic carbocycles. The van der Waals surface area contributed by atoms with Crippen molar-refractivity contribution >= 4 is 22.4 Å². The molecule has 3 aromatic rings. The van der Waals surface area contributed by atoms with Gasteiger partial charge < -0.3 is 0 Å². The summed E-state index contributed by atoms with van der Waals surface area (Å²) in [4.78, 5) is 1.06. The lowest BCUT2D eigenvalue weighted by Gasteiger charge is -2.12. The van der Waals surface area contributed by atoms with E-state index in [2.05, 4.69) is 32.2 Å². The third kappa shape index (κ3) is 2.20. The van der Waals surface area contributed by atoms with Crippen molar-refractivity contribution in [1.82, 2.24) is 24.8 Å². The number of hydrogen-bond acceptors (Lipinski definition) is 6. The van der Waals surface area contributed by atoms with Gasteiger partial charge in [0.1, 0.15) is 0 Å². The Kier molecular flexibility index (Phi) is 3.47. The van der Waals surface area contributed by atoms with Gasteiger partial charge in [-0.2, -0.15) is 5.10 Å². The Labute approximate surface area is 120 Å². The molecule has 0 radical (unpaired) electrons. The van der Waals surface area contributed by atoms with Gasteiger partial charge in [0.15, 0.2) is 0 Å². The fourth-order valence-electron chi connectivity index (χ4n) is 2.42. The van der Waals surface area contributed by atoms with E-state index in [1.54, 1.807) is 0 Å². The van der Waals surface area contributed by atoms with Crippen LogP contribution in [0.3, 0.4) is 0 Å². The van der Waals surface area contributed by atoms with Crippen LogP contribution >= 0.6 is 11.5 Å². The molecule has 0 aliphatic rings. The van der Waals surface area contributed by atoms with Crippen LogP contribution in [0.5, 0.6) is 0 Å². The highest BCUT2D eigenvalue weighted by molar-refractivity contribution is 7.05. The second kappa shape index (κ2) is 5.28. The summed E-state index contributed by atoms with van der Waals surface area (Å²) in [5.74, 6) is 5.70. The fraction of sp³-hybridized carbons (Fsp3) is 0.308. The number of hydrogen-bond donors (Lipinski definition) is 2. The summed E-state index contributed by atoms with van der Waals surface area (Å²) in [7, 11) is 1.95. The molecular formula is C13H16N6S. The first-order valence-corrected chi connectivity index (χ1v) is 7.13. The van der Waals surface area contributed by atoms with Crippen LogP contribution in [-0.2, 0) is 13.5 Å². The van der Waals surface area contributed by atoms with Gasteiger partial charge in [0.2, 0.25) is 0 Å². The topological polar surface area (TPSA) is 81.7 Å². The number of fused-ring (bicyclic) bond motifs is 1. The average Bonchev–Trinajstić information content (AvgIpc) is 3.01. The first-order valence-electron chi connectivity index (χ1n) is 6.36. The average molecular weight is 288 g/mol. The lowest BCUT2D eigenvalue weighted by atomic mass is 10.1. The molecule has 0 aliphatic carbocycles. The maximum Gasteiger partial charge on any atom is 0.0773 e. The number of aryl methyl sites for hydroxylation is 2. The van der Waals surface area contributed by atoms with Crippen molar-refractivity contribution in [3.8, 4) is 0 Å². The summed E-state index contributed by atoms with van der Waals surface area (Å²) in [5.41, 5.74) is 5.91. The molecule has 3 N–H and O–H groups in total. The lowest BCUT2D eigenvalue weighted by molar-refractivity contribution is 0.548. The van der Waals surface area contributed by atoms with Crippen LogP contribution in [0.2, 0.25) is 0 Å². The molecule has 3 rings (SSSR count). The van der Waals surface area contributed by atoms with Crippen molar-refractivity contribution in [2.45, 2.75) is 19.4 Å². The van der Waals surface area contributed by atoms with Crippen LogP contribution in [-0.4, -0.2) is 19.4 Å². The van der Waals surface area contributed by atoms with E-state index >= 15 is 0 Å². The molecule has 0 fully saturated rings. The van der Waals surface area contributed by atoms with Crippen LogP contribution in [0.1, 0.15) is 22.3 Å². The first kappa shape index (κ1) is 13.2. The Morgan fingerprint density at radius 3 is 2.90 bits per heavy atom. The Bertz CT molecular complexity index is 731. The van der Waals surface area contributed by atoms with E-state index in [0.717, 1.165) is 27.2 Å². The summed E-state index contributed by atoms with van der Waals surface area (Å²) in [6.45, 7) is 1.94. The highest BCUT2D eigenvalue weighted by Crippen LogP contribution is 2.26. The highest BCUT2D eigenvalue weighted by Gasteiger charge is 2.19. The molecule has 0 saturated heterocycles. The van der Waals surface area contributed by atoms with Crippen LogP contribution in [0.15, 0.2) is 24.3 Å². The summed E-state index contributed by atoms with van der Waals surface area (Å²) >= 11 is 1.38. The van der Waals surface area contributed by atoms with Gasteiger partial charge in [-0.3, -0.25) is 16.0 Å². The predicted octanol–water partition coefficient (Wildman–Crippen LogP) is 1.48. The summed E-state index contributed by atoms with van der Waals surface area (Å²) in [6, 6.07) is 8.18. The SMILES string of the molecule is Cc1nnsc1C(Cc1nn(C)c2ccccc12)NN. The highest BCUT2D eigenvalue weighted by atomic mass is 32.1. The van der Waals surface area contributed by atoms with Crippen LogP contribution in [0, 0.1) is 6.92 Å². The Balaban J connectivity index is 1.98. The van der Waals surface area contributed by atoms with Crippen molar-refractivity contribution in [3.05, 3.63) is 40.5 Å². The quantitative estimate of drug-likeness (QED) is 0.561. The van der Waals surface area contributed by atoms with E-state index in [1.807, 2.05) is 30.8 Å². The van der Waals surface area contributed by atoms with E-state index < -0.39 is 0 Å². The van der Waals surface area contributed by atoms with E-state index in [0.29, 0.717) is 6.42 Å². The summed E-state index contributed by atoms with van der Waals surface area (Å²) in [5, 5.41) is 9.80. The summed E-state index contributed by atoms with van der Waals surface area (Å²) < 4.78 is 5.87. The molecule has 7 heteroatoms. The van der Waals surface area contributed by atoms with Gasteiger partial charge in [0.25, 0.3) is 0 Å². The molecule has 0 saturated carbocycles. The lowest BCUT2D eigenvalue weighted by Crippen LogP contribution is -2.29. The van der Waals surface area contributed by atoms with Crippen molar-refractivity contribution in [3.63, 3.8) is 0 Å². The monoisotopic (exact) mass is 288 g/mol. The van der Waals surface area contributed by atoms with Crippen molar-refractivity contribution in [2.75, 3.05) is 0 Å². The molecule has 0 bridgehead atoms. The van der Waals surface area contributed by atoms with Gasteiger partial charge in [0.05, 0.1) is 27.8 Å². The number of nitrogens with two attached hydrogens (primary N) is 1. The van der Waals surface area contributed by atoms with Crippen LogP contribution in [0.25, 0.3) is 10.9 Å². The zero-order chi connectivity index (χ0) is 14.1. The molecule has 0 amide bonds. The summed E-state index contributed by atoms with van der Waals surface area (Å²) in [6.07, 6.45) is 0.711. The van der Waals surface area contributed by atoms with Crippen molar-refractivity contribution < 1.29 is 0 Å². The maximum atomic E-state index is 5.70. The van der Waals surface area contributed by atoms with Gasteiger partial charge in [-0.1, -0.05) is 22.7 Å². The maximum absolute atomic E-state index is 5.70. The minimum absolute atomic E-state index is 0.0201. The van der Waals surface area contributed by atoms with E-state index in [9.17, 15) is 0 Å². The fourth-order valence-corrected chi connectivity index (χ4v) is 3.12. The molecule has 2 heterocycles. The number of rotatable bonds is 4. The molecule has 1 atom stereocenters. The van der Waals surface area contributed by atoms with Crippen molar-refractivity contribution in [2.24, 2.45) is 12.9 Å². The van der Waals surface area contributed by atoms with E-state index in [1.165, 1.54) is 11.5 Å². The molecule has 0 spiro atoms. The molecule has 20 heavy (non-hydrogen) atoms. The molecule has 6 nitrogen and oxygen atoms in total. The van der Waals surface area contributed by atoms with Crippen molar-refractivity contribution in [1.29, 1.82) is 0 Å². The number of aromatic nitrogens is 4. The minimum Gasteiger partial charge on any atom is -0.271 e. The minimum atomic E-state index is -0.0201. The smallest absolute Gasteiger partial charge is 0.0773 e. The van der Waals surface area contributed by atoms with E-state index in [4.69, 9.17) is 5.84 Å². The van der Waals surface area contributed by atoms with Gasteiger partial charge in [-0.05, 0) is 24.5 Å². The van der Waals surface area contributed by atoms with E-state index in [-0.39, 0.29) is 6.04 Å². The standard InChI is InChI=1S/C13H16N6S/c1-8-13(20-18-16-8)11(15-14)7-10-9-5-3-4-6-12(9)19(2)17-10/h3-6,11,15H,7,14H2,1-2H3. The second-order valence-corrected chi connectivity index (χ2v) is 5.52. The normalized spacial score (nSPS) is 12.9. The molecule has 2 aromatic heterocycles. The van der Waals surface area contributed by atoms with Crippen LogP contribution < -0.4 is 11.3 Å². The van der Waals surface area contributed by atoms with Crippen LogP contribution in [0.4, 0.5) is 0 Å². The Hall–Kier alpha value is -1.83. The van der Waals surface area contributed by atoms with Gasteiger partial charge in [-0.15, -0.1) is 5.10 Å². The third-order valence-corrected chi connectivity index (χ3v) is 4.38. The number of para-hydroxylation sites is 1. The molecule has 1 unspecified atom stereocenters. The molecular weight excluding hydrogens is 272 g/mol. The molecule has 104 valence electrons. The zero-order valence-corrected chi connectivity index (χ0v) is 12.2.